The molecule has 0 saturated carbocycles. The summed E-state index contributed by atoms with van der Waals surface area (Å²) >= 11 is 0. The number of aldehydes is 1. The molecule has 1 aliphatic heterocycles. The zero-order chi connectivity index (χ0) is 12.4. The normalized spacial score (nSPS) is 26.7. The van der Waals surface area contributed by atoms with E-state index in [1.807, 2.05) is 0 Å². The third-order valence-electron chi connectivity index (χ3n) is 2.86. The maximum Gasteiger partial charge on any atom is 0.330 e. The Balaban J connectivity index is 2.69. The van der Waals surface area contributed by atoms with Crippen molar-refractivity contribution in [2.45, 2.75) is 50.6 Å². The van der Waals surface area contributed by atoms with Gasteiger partial charge in [0, 0.05) is 0 Å². The van der Waals surface area contributed by atoms with Crippen LogP contribution in [0.3, 0.4) is 0 Å². The predicted octanol–water partition coefficient (Wildman–Crippen LogP) is 1.11. The summed E-state index contributed by atoms with van der Waals surface area (Å²) in [5, 5.41) is 9.31. The van der Waals surface area contributed by atoms with Crippen molar-refractivity contribution >= 4 is 6.29 Å². The molecule has 0 aromatic heterocycles. The first kappa shape index (κ1) is 13.5. The molecular weight excluding hydrogens is 222 g/mol. The molecule has 1 heterocycles. The van der Waals surface area contributed by atoms with Crippen LogP contribution >= 0.6 is 0 Å². The number of ether oxygens (including phenoxy) is 2. The van der Waals surface area contributed by atoms with E-state index in [4.69, 9.17) is 9.47 Å². The van der Waals surface area contributed by atoms with Crippen molar-refractivity contribution in [3.63, 3.8) is 0 Å². The van der Waals surface area contributed by atoms with Gasteiger partial charge in [-0.2, -0.15) is 8.78 Å². The predicted molar refractivity (Wildman–Crippen MR) is 51.2 cm³/mol. The number of carbonyl (C=O) groups excluding carboxylic acids is 1. The molecule has 0 aromatic carbocycles. The van der Waals surface area contributed by atoms with E-state index >= 15 is 0 Å². The van der Waals surface area contributed by atoms with Crippen molar-refractivity contribution in [1.29, 1.82) is 0 Å². The molecule has 0 unspecified atom stereocenters. The highest BCUT2D eigenvalue weighted by atomic mass is 19.3. The second kappa shape index (κ2) is 4.73. The van der Waals surface area contributed by atoms with E-state index in [0.717, 1.165) is 0 Å². The Morgan fingerprint density at radius 1 is 1.56 bits per heavy atom. The molecule has 1 aliphatic rings. The van der Waals surface area contributed by atoms with E-state index in [-0.39, 0.29) is 6.61 Å². The minimum Gasteiger partial charge on any atom is -0.383 e. The molecule has 0 radical (unpaired) electrons. The maximum absolute atomic E-state index is 12.9. The molecule has 2 atom stereocenters. The summed E-state index contributed by atoms with van der Waals surface area (Å²) in [5.41, 5.74) is 0. The van der Waals surface area contributed by atoms with Crippen LogP contribution in [-0.2, 0) is 14.3 Å². The topological polar surface area (TPSA) is 55.8 Å². The van der Waals surface area contributed by atoms with Crippen molar-refractivity contribution in [2.75, 3.05) is 6.61 Å². The molecule has 1 N–H and O–H groups in total. The van der Waals surface area contributed by atoms with Crippen molar-refractivity contribution in [1.82, 2.24) is 0 Å². The SMILES string of the molecule is CCC1(CC)OC[C@H]([C@@H](O)C(F)(F)C=O)O1. The molecule has 1 rings (SSSR count). The monoisotopic (exact) mass is 238 g/mol. The Bertz CT molecular complexity index is 253. The van der Waals surface area contributed by atoms with Gasteiger partial charge in [0.05, 0.1) is 6.61 Å². The quantitative estimate of drug-likeness (QED) is 0.729. The molecule has 0 aromatic rings. The first-order valence-electron chi connectivity index (χ1n) is 5.24. The number of rotatable bonds is 5. The summed E-state index contributed by atoms with van der Waals surface area (Å²) in [6, 6.07) is 0. The van der Waals surface area contributed by atoms with Gasteiger partial charge in [-0.15, -0.1) is 0 Å². The van der Waals surface area contributed by atoms with Gasteiger partial charge in [-0.1, -0.05) is 13.8 Å². The molecule has 0 aliphatic carbocycles. The third-order valence-corrected chi connectivity index (χ3v) is 2.86. The number of halogens is 2. The highest BCUT2D eigenvalue weighted by molar-refractivity contribution is 5.60. The molecule has 0 spiro atoms. The molecule has 1 fully saturated rings. The van der Waals surface area contributed by atoms with Gasteiger partial charge in [0.2, 0.25) is 0 Å². The molecular formula is C10H16F2O4. The second-order valence-corrected chi connectivity index (χ2v) is 3.82. The van der Waals surface area contributed by atoms with Crippen LogP contribution in [0.15, 0.2) is 0 Å². The lowest BCUT2D eigenvalue weighted by Gasteiger charge is -2.27. The Morgan fingerprint density at radius 3 is 2.50 bits per heavy atom. The number of hydrogen-bond acceptors (Lipinski definition) is 4. The molecule has 4 nitrogen and oxygen atoms in total. The number of hydrogen-bond donors (Lipinski definition) is 1. The maximum atomic E-state index is 12.9. The average molecular weight is 238 g/mol. The fourth-order valence-corrected chi connectivity index (χ4v) is 1.67. The average Bonchev–Trinajstić information content (AvgIpc) is 2.73. The van der Waals surface area contributed by atoms with Gasteiger partial charge in [-0.25, -0.2) is 0 Å². The van der Waals surface area contributed by atoms with Crippen molar-refractivity contribution in [3.8, 4) is 0 Å². The van der Waals surface area contributed by atoms with E-state index < -0.39 is 30.2 Å². The van der Waals surface area contributed by atoms with Crippen LogP contribution in [0.4, 0.5) is 8.78 Å². The molecule has 6 heteroatoms. The van der Waals surface area contributed by atoms with Gasteiger partial charge >= 0.3 is 5.92 Å². The van der Waals surface area contributed by atoms with E-state index in [1.165, 1.54) is 0 Å². The number of carbonyl (C=O) groups is 1. The highest BCUT2D eigenvalue weighted by Crippen LogP contribution is 2.34. The van der Waals surface area contributed by atoms with Crippen LogP contribution in [0, 0.1) is 0 Å². The minimum atomic E-state index is -3.80. The lowest BCUT2D eigenvalue weighted by Crippen LogP contribution is -2.45. The lowest BCUT2D eigenvalue weighted by atomic mass is 10.1. The Kier molecular flexibility index (Phi) is 3.98. The molecule has 0 bridgehead atoms. The largest absolute Gasteiger partial charge is 0.383 e. The van der Waals surface area contributed by atoms with Crippen molar-refractivity contribution in [3.05, 3.63) is 0 Å². The third kappa shape index (κ3) is 2.39. The van der Waals surface area contributed by atoms with E-state index in [1.54, 1.807) is 13.8 Å². The van der Waals surface area contributed by atoms with Crippen LogP contribution in [0.25, 0.3) is 0 Å². The van der Waals surface area contributed by atoms with Crippen LogP contribution in [0.2, 0.25) is 0 Å². The molecule has 94 valence electrons. The van der Waals surface area contributed by atoms with Crippen LogP contribution in [0.1, 0.15) is 26.7 Å². The van der Waals surface area contributed by atoms with Crippen LogP contribution in [-0.4, -0.2) is 41.9 Å². The second-order valence-electron chi connectivity index (χ2n) is 3.82. The van der Waals surface area contributed by atoms with Gasteiger partial charge in [0.15, 0.2) is 18.2 Å². The lowest BCUT2D eigenvalue weighted by molar-refractivity contribution is -0.203. The molecule has 1 saturated heterocycles. The van der Waals surface area contributed by atoms with Gasteiger partial charge < -0.3 is 14.6 Å². The smallest absolute Gasteiger partial charge is 0.330 e. The summed E-state index contributed by atoms with van der Waals surface area (Å²) in [5.74, 6) is -4.71. The first-order valence-corrected chi connectivity index (χ1v) is 5.24. The molecule has 16 heavy (non-hydrogen) atoms. The minimum absolute atomic E-state index is 0.133. The van der Waals surface area contributed by atoms with E-state index in [9.17, 15) is 18.7 Å². The van der Waals surface area contributed by atoms with Crippen molar-refractivity contribution < 1.29 is 28.2 Å². The van der Waals surface area contributed by atoms with Gasteiger partial charge in [0.25, 0.3) is 0 Å². The zero-order valence-electron chi connectivity index (χ0n) is 9.28. The molecule has 0 amide bonds. The van der Waals surface area contributed by atoms with Gasteiger partial charge in [-0.3, -0.25) is 4.79 Å². The summed E-state index contributed by atoms with van der Waals surface area (Å²) in [6.45, 7) is 3.47. The summed E-state index contributed by atoms with van der Waals surface area (Å²) < 4.78 is 36.4. The highest BCUT2D eigenvalue weighted by Gasteiger charge is 2.50. The number of aliphatic hydroxyl groups is 1. The standard InChI is InChI=1S/C10H16F2O4/c1-3-9(4-2)15-5-7(16-9)8(14)10(11,12)6-13/h6-8,14H,3-5H2,1-2H3/t7-,8-/m1/s1. The van der Waals surface area contributed by atoms with Crippen LogP contribution < -0.4 is 0 Å². The zero-order valence-corrected chi connectivity index (χ0v) is 9.28. The summed E-state index contributed by atoms with van der Waals surface area (Å²) in [4.78, 5) is 10.1. The van der Waals surface area contributed by atoms with Gasteiger partial charge in [0.1, 0.15) is 6.10 Å². The summed E-state index contributed by atoms with van der Waals surface area (Å²) in [7, 11) is 0. The summed E-state index contributed by atoms with van der Waals surface area (Å²) in [6.07, 6.45) is -2.90. The van der Waals surface area contributed by atoms with E-state index in [0.29, 0.717) is 12.8 Å². The number of aliphatic hydroxyl groups excluding tert-OH is 1. The van der Waals surface area contributed by atoms with E-state index in [2.05, 4.69) is 0 Å². The van der Waals surface area contributed by atoms with Crippen LogP contribution in [0.5, 0.6) is 0 Å². The first-order chi connectivity index (χ1) is 7.40. The fraction of sp³-hybridized carbons (Fsp3) is 0.900. The van der Waals surface area contributed by atoms with Gasteiger partial charge in [-0.05, 0) is 12.8 Å². The number of alkyl halides is 2. The fourth-order valence-electron chi connectivity index (χ4n) is 1.67. The Morgan fingerprint density at radius 2 is 2.12 bits per heavy atom. The van der Waals surface area contributed by atoms with Crippen molar-refractivity contribution in [2.24, 2.45) is 0 Å². The Hall–Kier alpha value is -0.590. The Labute approximate surface area is 92.5 Å².